The van der Waals surface area contributed by atoms with Crippen LogP contribution in [0.1, 0.15) is 5.56 Å². The lowest BCUT2D eigenvalue weighted by atomic mass is 10.1. The molecule has 3 nitrogen and oxygen atoms in total. The number of halogens is 2. The minimum atomic E-state index is -0.298. The summed E-state index contributed by atoms with van der Waals surface area (Å²) >= 11 is 7.11. The molecule has 0 saturated carbocycles. The van der Waals surface area contributed by atoms with Crippen molar-refractivity contribution >= 4 is 39.1 Å². The highest BCUT2D eigenvalue weighted by Gasteiger charge is 2.07. The van der Waals surface area contributed by atoms with Gasteiger partial charge in [-0.1, -0.05) is 35.1 Å². The number of benzene rings is 2. The summed E-state index contributed by atoms with van der Waals surface area (Å²) < 4.78 is 15.8. The van der Waals surface area contributed by atoms with Crippen molar-refractivity contribution in [2.75, 3.05) is 0 Å². The van der Waals surface area contributed by atoms with E-state index in [-0.39, 0.29) is 18.1 Å². The van der Waals surface area contributed by atoms with Crippen molar-refractivity contribution in [2.24, 2.45) is 12.0 Å². The fourth-order valence-corrected chi connectivity index (χ4v) is 3.32. The van der Waals surface area contributed by atoms with Crippen molar-refractivity contribution in [3.8, 4) is 0 Å². The molecule has 112 valence electrons. The number of fused-ring (bicyclic) bond motifs is 1. The van der Waals surface area contributed by atoms with Gasteiger partial charge in [0, 0.05) is 12.1 Å². The minimum Gasteiger partial charge on any atom is -0.319 e. The van der Waals surface area contributed by atoms with Crippen LogP contribution in [0.25, 0.3) is 10.2 Å². The molecule has 3 aromatic rings. The Bertz CT molecular complexity index is 912. The summed E-state index contributed by atoms with van der Waals surface area (Å²) in [5.41, 5.74) is 1.71. The molecule has 1 amide bonds. The van der Waals surface area contributed by atoms with Gasteiger partial charge in [-0.3, -0.25) is 4.79 Å². The molecule has 0 spiro atoms. The lowest BCUT2D eigenvalue weighted by Crippen LogP contribution is -2.14. The van der Waals surface area contributed by atoms with Crippen molar-refractivity contribution in [1.82, 2.24) is 4.57 Å². The Morgan fingerprint density at radius 1 is 1.27 bits per heavy atom. The molecule has 22 heavy (non-hydrogen) atoms. The smallest absolute Gasteiger partial charge is 0.252 e. The van der Waals surface area contributed by atoms with Gasteiger partial charge in [-0.25, -0.2) is 4.39 Å². The second kappa shape index (κ2) is 6.02. The first-order valence-electron chi connectivity index (χ1n) is 6.60. The van der Waals surface area contributed by atoms with Gasteiger partial charge in [0.2, 0.25) is 0 Å². The minimum absolute atomic E-state index is 0.208. The molecule has 0 saturated heterocycles. The van der Waals surface area contributed by atoms with Crippen LogP contribution in [0, 0.1) is 5.82 Å². The number of nitrogens with zero attached hydrogens (tertiary/aromatic N) is 2. The van der Waals surface area contributed by atoms with Crippen LogP contribution >= 0.6 is 22.9 Å². The number of carbonyl (C=O) groups excluding carboxylic acids is 1. The molecule has 0 fully saturated rings. The quantitative estimate of drug-likeness (QED) is 0.703. The largest absolute Gasteiger partial charge is 0.319 e. The maximum atomic E-state index is 13.2. The zero-order chi connectivity index (χ0) is 15.7. The van der Waals surface area contributed by atoms with E-state index in [2.05, 4.69) is 4.99 Å². The average molecular weight is 335 g/mol. The van der Waals surface area contributed by atoms with Gasteiger partial charge in [0.25, 0.3) is 5.91 Å². The number of amides is 1. The summed E-state index contributed by atoms with van der Waals surface area (Å²) in [4.78, 5) is 16.8. The fourth-order valence-electron chi connectivity index (χ4n) is 2.14. The van der Waals surface area contributed by atoms with Crippen molar-refractivity contribution in [3.63, 3.8) is 0 Å². The van der Waals surface area contributed by atoms with E-state index in [1.807, 2.05) is 7.05 Å². The summed E-state index contributed by atoms with van der Waals surface area (Å²) in [5, 5.41) is 0.631. The van der Waals surface area contributed by atoms with Crippen LogP contribution in [-0.4, -0.2) is 10.5 Å². The molecular formula is C16H12ClFN2OS. The predicted octanol–water partition coefficient (Wildman–Crippen LogP) is 3.70. The molecule has 0 bridgehead atoms. The van der Waals surface area contributed by atoms with Crippen LogP contribution < -0.4 is 4.80 Å². The molecule has 0 unspecified atom stereocenters. The molecule has 0 aliphatic rings. The highest BCUT2D eigenvalue weighted by atomic mass is 35.5. The molecule has 0 radical (unpaired) electrons. The maximum Gasteiger partial charge on any atom is 0.252 e. The van der Waals surface area contributed by atoms with Crippen LogP contribution in [0.5, 0.6) is 0 Å². The van der Waals surface area contributed by atoms with Gasteiger partial charge < -0.3 is 4.57 Å². The van der Waals surface area contributed by atoms with E-state index in [1.165, 1.54) is 23.5 Å². The standard InChI is InChI=1S/C16H12ClFN2OS/c1-20-13-7-6-12(18)9-14(13)22-16(20)19-15(21)8-10-2-4-11(17)5-3-10/h2-7,9H,8H2,1H3. The first-order chi connectivity index (χ1) is 10.5. The van der Waals surface area contributed by atoms with Crippen LogP contribution in [0.4, 0.5) is 4.39 Å². The highest BCUT2D eigenvalue weighted by molar-refractivity contribution is 7.16. The number of thiazole rings is 1. The van der Waals surface area contributed by atoms with Gasteiger partial charge in [0.15, 0.2) is 4.80 Å². The van der Waals surface area contributed by atoms with E-state index in [4.69, 9.17) is 11.6 Å². The summed E-state index contributed by atoms with van der Waals surface area (Å²) in [7, 11) is 1.81. The van der Waals surface area contributed by atoms with Crippen LogP contribution in [0.2, 0.25) is 5.02 Å². The molecule has 6 heteroatoms. The van der Waals surface area contributed by atoms with E-state index in [0.29, 0.717) is 9.82 Å². The SMILES string of the molecule is Cn1c(=NC(=O)Cc2ccc(Cl)cc2)sc2cc(F)ccc21. The lowest BCUT2D eigenvalue weighted by Gasteiger charge is -1.97. The lowest BCUT2D eigenvalue weighted by molar-refractivity contribution is -0.117. The molecular weight excluding hydrogens is 323 g/mol. The molecule has 3 rings (SSSR count). The summed E-state index contributed by atoms with van der Waals surface area (Å²) in [6.45, 7) is 0. The Morgan fingerprint density at radius 2 is 2.00 bits per heavy atom. The van der Waals surface area contributed by atoms with E-state index in [1.54, 1.807) is 34.9 Å². The second-order valence-electron chi connectivity index (χ2n) is 4.86. The van der Waals surface area contributed by atoms with Crippen molar-refractivity contribution in [3.05, 3.63) is 63.7 Å². The summed E-state index contributed by atoms with van der Waals surface area (Å²) in [6.07, 6.45) is 0.208. The van der Waals surface area contributed by atoms with Crippen molar-refractivity contribution in [2.45, 2.75) is 6.42 Å². The van der Waals surface area contributed by atoms with E-state index in [9.17, 15) is 9.18 Å². The predicted molar refractivity (Wildman–Crippen MR) is 86.5 cm³/mol. The monoisotopic (exact) mass is 334 g/mol. The molecule has 0 aliphatic heterocycles. The van der Waals surface area contributed by atoms with Crippen molar-refractivity contribution in [1.29, 1.82) is 0 Å². The third kappa shape index (κ3) is 3.10. The normalized spacial score (nSPS) is 12.0. The third-order valence-corrected chi connectivity index (χ3v) is 4.61. The summed E-state index contributed by atoms with van der Waals surface area (Å²) in [6, 6.07) is 11.6. The maximum absolute atomic E-state index is 13.2. The van der Waals surface area contributed by atoms with Gasteiger partial charge in [0.1, 0.15) is 5.82 Å². The first kappa shape index (κ1) is 14.9. The number of rotatable bonds is 2. The third-order valence-electron chi connectivity index (χ3n) is 3.26. The Morgan fingerprint density at radius 3 is 2.73 bits per heavy atom. The van der Waals surface area contributed by atoms with Gasteiger partial charge >= 0.3 is 0 Å². The topological polar surface area (TPSA) is 34.4 Å². The molecule has 1 aromatic heterocycles. The Labute approximate surface area is 135 Å². The Kier molecular flexibility index (Phi) is 4.09. The van der Waals surface area contributed by atoms with E-state index in [0.717, 1.165) is 15.8 Å². The highest BCUT2D eigenvalue weighted by Crippen LogP contribution is 2.17. The van der Waals surface area contributed by atoms with Crippen LogP contribution in [-0.2, 0) is 18.3 Å². The van der Waals surface area contributed by atoms with Crippen LogP contribution in [0.15, 0.2) is 47.5 Å². The van der Waals surface area contributed by atoms with Gasteiger partial charge in [0.05, 0.1) is 16.6 Å². The molecule has 0 atom stereocenters. The number of hydrogen-bond acceptors (Lipinski definition) is 2. The van der Waals surface area contributed by atoms with Crippen molar-refractivity contribution < 1.29 is 9.18 Å². The van der Waals surface area contributed by atoms with Gasteiger partial charge in [-0.15, -0.1) is 0 Å². The number of carbonyl (C=O) groups is 1. The zero-order valence-corrected chi connectivity index (χ0v) is 13.3. The number of hydrogen-bond donors (Lipinski definition) is 0. The molecule has 2 aromatic carbocycles. The van der Waals surface area contributed by atoms with Gasteiger partial charge in [-0.05, 0) is 35.9 Å². The first-order valence-corrected chi connectivity index (χ1v) is 7.79. The van der Waals surface area contributed by atoms with Gasteiger partial charge in [-0.2, -0.15) is 4.99 Å². The van der Waals surface area contributed by atoms with E-state index < -0.39 is 0 Å². The van der Waals surface area contributed by atoms with E-state index >= 15 is 0 Å². The number of aryl methyl sites for hydroxylation is 1. The van der Waals surface area contributed by atoms with Crippen LogP contribution in [0.3, 0.4) is 0 Å². The zero-order valence-electron chi connectivity index (χ0n) is 11.7. The number of aromatic nitrogens is 1. The Balaban J connectivity index is 1.92. The molecule has 0 N–H and O–H groups in total. The summed E-state index contributed by atoms with van der Waals surface area (Å²) in [5.74, 6) is -0.543. The molecule has 1 heterocycles. The Hall–Kier alpha value is -1.98. The second-order valence-corrected chi connectivity index (χ2v) is 6.31. The molecule has 0 aliphatic carbocycles. The average Bonchev–Trinajstić information content (AvgIpc) is 2.77. The fraction of sp³-hybridized carbons (Fsp3) is 0.125.